The molecule has 0 heterocycles. The topological polar surface area (TPSA) is 23.8 Å². The van der Waals surface area contributed by atoms with E-state index in [4.69, 9.17) is 5.26 Å². The normalized spacial score (nSPS) is 9.33. The van der Waals surface area contributed by atoms with Crippen molar-refractivity contribution in [2.24, 2.45) is 0 Å². The van der Waals surface area contributed by atoms with Gasteiger partial charge in [-0.2, -0.15) is 5.26 Å². The maximum Gasteiger partial charge on any atom is 0.0621 e. The molecule has 0 aliphatic rings. The summed E-state index contributed by atoms with van der Waals surface area (Å²) in [6, 6.07) is 10.3. The first-order chi connectivity index (χ1) is 5.83. The van der Waals surface area contributed by atoms with E-state index >= 15 is 0 Å². The molecule has 12 heavy (non-hydrogen) atoms. The molecule has 0 aliphatic heterocycles. The number of unbranched alkanes of at least 4 members (excludes halogenated alkanes) is 1. The molecule has 0 unspecified atom stereocenters. The van der Waals surface area contributed by atoms with Gasteiger partial charge in [-0.1, -0.05) is 28.1 Å². The van der Waals surface area contributed by atoms with Crippen LogP contribution in [0.4, 0.5) is 0 Å². The van der Waals surface area contributed by atoms with E-state index < -0.39 is 0 Å². The number of aryl methyl sites for hydroxylation is 1. The van der Waals surface area contributed by atoms with Crippen molar-refractivity contribution in [3.05, 3.63) is 34.3 Å². The Hall–Kier alpha value is -0.810. The highest BCUT2D eigenvalue weighted by molar-refractivity contribution is 9.10. The quantitative estimate of drug-likeness (QED) is 0.722. The molecule has 0 fully saturated rings. The van der Waals surface area contributed by atoms with Crippen molar-refractivity contribution in [1.29, 1.82) is 5.26 Å². The Morgan fingerprint density at radius 1 is 1.42 bits per heavy atom. The van der Waals surface area contributed by atoms with Gasteiger partial charge in [0, 0.05) is 10.9 Å². The summed E-state index contributed by atoms with van der Waals surface area (Å²) in [4.78, 5) is 0. The molecule has 0 radical (unpaired) electrons. The summed E-state index contributed by atoms with van der Waals surface area (Å²) in [6.45, 7) is 0. The molecule has 0 saturated heterocycles. The predicted molar refractivity (Wildman–Crippen MR) is 52.7 cm³/mol. The zero-order valence-corrected chi connectivity index (χ0v) is 8.34. The highest BCUT2D eigenvalue weighted by atomic mass is 79.9. The summed E-state index contributed by atoms with van der Waals surface area (Å²) in [5.74, 6) is 0. The zero-order chi connectivity index (χ0) is 8.81. The first-order valence-electron chi connectivity index (χ1n) is 3.94. The molecule has 0 aromatic heterocycles. The van der Waals surface area contributed by atoms with Crippen LogP contribution in [-0.2, 0) is 6.42 Å². The molecule has 0 atom stereocenters. The Morgan fingerprint density at radius 3 is 2.92 bits per heavy atom. The lowest BCUT2D eigenvalue weighted by atomic mass is 10.1. The van der Waals surface area contributed by atoms with E-state index in [1.807, 2.05) is 12.1 Å². The van der Waals surface area contributed by atoms with Crippen LogP contribution in [0.2, 0.25) is 0 Å². The van der Waals surface area contributed by atoms with Gasteiger partial charge in [0.05, 0.1) is 6.07 Å². The van der Waals surface area contributed by atoms with Crippen LogP contribution < -0.4 is 0 Å². The molecular weight excluding hydrogens is 214 g/mol. The standard InChI is InChI=1S/C10H10BrN/c11-10-6-3-5-9(8-10)4-1-2-7-12/h3,5-6,8H,1-2,4H2. The lowest BCUT2D eigenvalue weighted by molar-refractivity contribution is 0.850. The van der Waals surface area contributed by atoms with Crippen LogP contribution in [0.1, 0.15) is 18.4 Å². The van der Waals surface area contributed by atoms with E-state index in [1.165, 1.54) is 5.56 Å². The van der Waals surface area contributed by atoms with Crippen molar-refractivity contribution in [3.63, 3.8) is 0 Å². The molecular formula is C10H10BrN. The molecule has 1 aromatic carbocycles. The molecule has 1 nitrogen and oxygen atoms in total. The summed E-state index contributed by atoms with van der Waals surface area (Å²) in [5, 5.41) is 8.34. The number of halogens is 1. The Morgan fingerprint density at radius 2 is 2.25 bits per heavy atom. The van der Waals surface area contributed by atoms with E-state index in [-0.39, 0.29) is 0 Å². The first kappa shape index (κ1) is 9.28. The molecule has 0 saturated carbocycles. The van der Waals surface area contributed by atoms with E-state index in [0.29, 0.717) is 6.42 Å². The summed E-state index contributed by atoms with van der Waals surface area (Å²) >= 11 is 3.41. The van der Waals surface area contributed by atoms with Crippen molar-refractivity contribution in [3.8, 4) is 6.07 Å². The third kappa shape index (κ3) is 3.06. The third-order valence-corrected chi connectivity index (χ3v) is 2.14. The van der Waals surface area contributed by atoms with Gasteiger partial charge in [-0.3, -0.25) is 0 Å². The van der Waals surface area contributed by atoms with Gasteiger partial charge in [-0.05, 0) is 30.5 Å². The number of rotatable bonds is 3. The van der Waals surface area contributed by atoms with Crippen molar-refractivity contribution < 1.29 is 0 Å². The first-order valence-corrected chi connectivity index (χ1v) is 4.73. The molecule has 0 amide bonds. The highest BCUT2D eigenvalue weighted by Gasteiger charge is 1.93. The minimum Gasteiger partial charge on any atom is -0.198 e. The molecule has 0 N–H and O–H groups in total. The fourth-order valence-electron chi connectivity index (χ4n) is 1.06. The van der Waals surface area contributed by atoms with Crippen molar-refractivity contribution in [2.45, 2.75) is 19.3 Å². The van der Waals surface area contributed by atoms with Gasteiger partial charge >= 0.3 is 0 Å². The molecule has 2 heteroatoms. The number of hydrogen-bond donors (Lipinski definition) is 0. The fraction of sp³-hybridized carbons (Fsp3) is 0.300. The predicted octanol–water partition coefficient (Wildman–Crippen LogP) is 3.30. The average Bonchev–Trinajstić information content (AvgIpc) is 2.05. The zero-order valence-electron chi connectivity index (χ0n) is 6.76. The minimum absolute atomic E-state index is 0.645. The van der Waals surface area contributed by atoms with Crippen molar-refractivity contribution in [2.75, 3.05) is 0 Å². The summed E-state index contributed by atoms with van der Waals surface area (Å²) in [6.07, 6.45) is 2.59. The van der Waals surface area contributed by atoms with Gasteiger partial charge in [0.1, 0.15) is 0 Å². The lowest BCUT2D eigenvalue weighted by Gasteiger charge is -1.98. The second-order valence-electron chi connectivity index (χ2n) is 2.64. The van der Waals surface area contributed by atoms with Gasteiger partial charge in [0.25, 0.3) is 0 Å². The third-order valence-electron chi connectivity index (χ3n) is 1.64. The Balaban J connectivity index is 2.48. The SMILES string of the molecule is N#CCCCc1cccc(Br)c1. The van der Waals surface area contributed by atoms with Crippen molar-refractivity contribution >= 4 is 15.9 Å². The maximum atomic E-state index is 8.34. The molecule has 1 rings (SSSR count). The average molecular weight is 224 g/mol. The number of nitrogens with zero attached hydrogens (tertiary/aromatic N) is 1. The van der Waals surface area contributed by atoms with Gasteiger partial charge in [0.2, 0.25) is 0 Å². The van der Waals surface area contributed by atoms with E-state index in [9.17, 15) is 0 Å². The second kappa shape index (κ2) is 4.95. The highest BCUT2D eigenvalue weighted by Crippen LogP contribution is 2.13. The molecule has 1 aromatic rings. The molecule has 62 valence electrons. The maximum absolute atomic E-state index is 8.34. The number of hydrogen-bond acceptors (Lipinski definition) is 1. The Kier molecular flexibility index (Phi) is 3.83. The van der Waals surface area contributed by atoms with Crippen LogP contribution in [0.3, 0.4) is 0 Å². The minimum atomic E-state index is 0.645. The molecule has 0 aliphatic carbocycles. The summed E-state index contributed by atoms with van der Waals surface area (Å²) < 4.78 is 1.11. The van der Waals surface area contributed by atoms with Crippen LogP contribution in [0.5, 0.6) is 0 Å². The van der Waals surface area contributed by atoms with Gasteiger partial charge in [0.15, 0.2) is 0 Å². The van der Waals surface area contributed by atoms with Crippen LogP contribution in [0.25, 0.3) is 0 Å². The lowest BCUT2D eigenvalue weighted by Crippen LogP contribution is -1.83. The van der Waals surface area contributed by atoms with E-state index in [1.54, 1.807) is 0 Å². The summed E-state index contributed by atoms with van der Waals surface area (Å²) in [7, 11) is 0. The van der Waals surface area contributed by atoms with Crippen LogP contribution in [0, 0.1) is 11.3 Å². The van der Waals surface area contributed by atoms with E-state index in [0.717, 1.165) is 17.3 Å². The number of nitriles is 1. The van der Waals surface area contributed by atoms with Crippen LogP contribution in [-0.4, -0.2) is 0 Å². The van der Waals surface area contributed by atoms with Gasteiger partial charge in [-0.25, -0.2) is 0 Å². The fourth-order valence-corrected chi connectivity index (χ4v) is 1.51. The van der Waals surface area contributed by atoms with Gasteiger partial charge < -0.3 is 0 Å². The molecule has 0 spiro atoms. The van der Waals surface area contributed by atoms with Crippen molar-refractivity contribution in [1.82, 2.24) is 0 Å². The monoisotopic (exact) mass is 223 g/mol. The van der Waals surface area contributed by atoms with Crippen LogP contribution in [0.15, 0.2) is 28.7 Å². The van der Waals surface area contributed by atoms with E-state index in [2.05, 4.69) is 34.1 Å². The Labute approximate surface area is 81.2 Å². The van der Waals surface area contributed by atoms with Crippen LogP contribution >= 0.6 is 15.9 Å². The Bertz CT molecular complexity index is 288. The second-order valence-corrected chi connectivity index (χ2v) is 3.56. The smallest absolute Gasteiger partial charge is 0.0621 e. The largest absolute Gasteiger partial charge is 0.198 e. The number of benzene rings is 1. The molecule has 0 bridgehead atoms. The van der Waals surface area contributed by atoms with Gasteiger partial charge in [-0.15, -0.1) is 0 Å². The summed E-state index contributed by atoms with van der Waals surface area (Å²) in [5.41, 5.74) is 1.29.